The van der Waals surface area contributed by atoms with Gasteiger partial charge in [0.2, 0.25) is 5.91 Å². The minimum Gasteiger partial charge on any atom is -0.336 e. The molecule has 0 unspecified atom stereocenters. The number of nitrogens with zero attached hydrogens (tertiary/aromatic N) is 1. The predicted octanol–water partition coefficient (Wildman–Crippen LogP) is 2.18. The predicted molar refractivity (Wildman–Crippen MR) is 76.4 cm³/mol. The van der Waals surface area contributed by atoms with Crippen LogP contribution in [0.4, 0.5) is 0 Å². The fraction of sp³-hybridized carbons (Fsp3) is 0.583. The van der Waals surface area contributed by atoms with E-state index in [-0.39, 0.29) is 11.9 Å². The highest BCUT2D eigenvalue weighted by Crippen LogP contribution is 2.13. The fourth-order valence-corrected chi connectivity index (χ4v) is 2.75. The molecule has 17 heavy (non-hydrogen) atoms. The first-order valence-corrected chi connectivity index (χ1v) is 8.02. The largest absolute Gasteiger partial charge is 0.336 e. The number of hydrogen-bond donors (Lipinski definition) is 1. The van der Waals surface area contributed by atoms with Crippen molar-refractivity contribution >= 4 is 29.0 Å². The van der Waals surface area contributed by atoms with E-state index in [0.29, 0.717) is 13.1 Å². The Morgan fingerprint density at radius 2 is 2.41 bits per heavy atom. The molecule has 0 saturated heterocycles. The maximum Gasteiger partial charge on any atom is 0.239 e. The Bertz CT molecular complexity index is 327. The van der Waals surface area contributed by atoms with Crippen molar-refractivity contribution in [3.05, 3.63) is 22.4 Å². The first-order chi connectivity index (χ1) is 8.19. The molecule has 1 aromatic rings. The quantitative estimate of drug-likeness (QED) is 0.827. The summed E-state index contributed by atoms with van der Waals surface area (Å²) in [5.74, 6) is 0.999. The number of likely N-dealkylation sites (N-methyl/N-ethyl adjacent to an activating group) is 1. The van der Waals surface area contributed by atoms with Gasteiger partial charge in [-0.15, -0.1) is 11.3 Å². The molecule has 0 radical (unpaired) electrons. The summed E-state index contributed by atoms with van der Waals surface area (Å²) in [6, 6.07) is 3.70. The van der Waals surface area contributed by atoms with Gasteiger partial charge in [0.15, 0.2) is 0 Å². The summed E-state index contributed by atoms with van der Waals surface area (Å²) in [5.41, 5.74) is 5.91. The SMILES string of the molecule is CCN(Cc1cccs1)C(=O)[C@H](N)CCSC. The van der Waals surface area contributed by atoms with Gasteiger partial charge in [-0.3, -0.25) is 4.79 Å². The van der Waals surface area contributed by atoms with Gasteiger partial charge in [-0.1, -0.05) is 6.07 Å². The normalized spacial score (nSPS) is 12.4. The highest BCUT2D eigenvalue weighted by atomic mass is 32.2. The van der Waals surface area contributed by atoms with Crippen molar-refractivity contribution in [2.75, 3.05) is 18.6 Å². The molecule has 1 aromatic heterocycles. The zero-order chi connectivity index (χ0) is 12.7. The lowest BCUT2D eigenvalue weighted by Gasteiger charge is -2.23. The molecule has 0 aliphatic carbocycles. The first-order valence-electron chi connectivity index (χ1n) is 5.74. The second-order valence-corrected chi connectivity index (χ2v) is 5.84. The second kappa shape index (κ2) is 7.74. The van der Waals surface area contributed by atoms with Gasteiger partial charge in [-0.05, 0) is 36.8 Å². The zero-order valence-corrected chi connectivity index (χ0v) is 12.0. The van der Waals surface area contributed by atoms with Crippen molar-refractivity contribution < 1.29 is 4.79 Å². The number of carbonyl (C=O) groups excluding carboxylic acids is 1. The van der Waals surface area contributed by atoms with Gasteiger partial charge in [0.05, 0.1) is 12.6 Å². The summed E-state index contributed by atoms with van der Waals surface area (Å²) < 4.78 is 0. The molecule has 0 fully saturated rings. The van der Waals surface area contributed by atoms with Gasteiger partial charge in [0.1, 0.15) is 0 Å². The van der Waals surface area contributed by atoms with Gasteiger partial charge >= 0.3 is 0 Å². The van der Waals surface area contributed by atoms with Crippen molar-refractivity contribution in [1.29, 1.82) is 0 Å². The Hall–Kier alpha value is -0.520. The second-order valence-electron chi connectivity index (χ2n) is 3.82. The molecular weight excluding hydrogens is 252 g/mol. The maximum atomic E-state index is 12.1. The Labute approximate surface area is 111 Å². The van der Waals surface area contributed by atoms with Gasteiger partial charge in [0.25, 0.3) is 0 Å². The van der Waals surface area contributed by atoms with Crippen LogP contribution < -0.4 is 5.73 Å². The average Bonchev–Trinajstić information content (AvgIpc) is 2.84. The highest BCUT2D eigenvalue weighted by molar-refractivity contribution is 7.98. The van der Waals surface area contributed by atoms with Crippen LogP contribution in [0.15, 0.2) is 17.5 Å². The van der Waals surface area contributed by atoms with Gasteiger partial charge in [-0.25, -0.2) is 0 Å². The Morgan fingerprint density at radius 1 is 1.65 bits per heavy atom. The molecule has 3 nitrogen and oxygen atoms in total. The minimum absolute atomic E-state index is 0.0648. The zero-order valence-electron chi connectivity index (χ0n) is 10.4. The van der Waals surface area contributed by atoms with Crippen LogP contribution >= 0.6 is 23.1 Å². The number of nitrogens with two attached hydrogens (primary N) is 1. The number of thioether (sulfide) groups is 1. The van der Waals surface area contributed by atoms with Crippen LogP contribution in [0.5, 0.6) is 0 Å². The summed E-state index contributed by atoms with van der Waals surface area (Å²) in [4.78, 5) is 15.1. The molecular formula is C12H20N2OS2. The Kier molecular flexibility index (Phi) is 6.62. The van der Waals surface area contributed by atoms with Gasteiger partial charge < -0.3 is 10.6 Å². The summed E-state index contributed by atoms with van der Waals surface area (Å²) in [6.45, 7) is 3.39. The molecule has 0 bridgehead atoms. The lowest BCUT2D eigenvalue weighted by molar-refractivity contribution is -0.133. The molecule has 1 heterocycles. The van der Waals surface area contributed by atoms with Crippen LogP contribution in [0.3, 0.4) is 0 Å². The van der Waals surface area contributed by atoms with E-state index in [2.05, 4.69) is 0 Å². The van der Waals surface area contributed by atoms with E-state index in [9.17, 15) is 4.79 Å². The number of hydrogen-bond acceptors (Lipinski definition) is 4. The van der Waals surface area contributed by atoms with Crippen molar-refractivity contribution in [3.63, 3.8) is 0 Å². The van der Waals surface area contributed by atoms with E-state index < -0.39 is 0 Å². The van der Waals surface area contributed by atoms with Crippen LogP contribution in [0.1, 0.15) is 18.2 Å². The molecule has 0 aliphatic heterocycles. The van der Waals surface area contributed by atoms with E-state index in [1.807, 2.05) is 35.6 Å². The maximum absolute atomic E-state index is 12.1. The molecule has 2 N–H and O–H groups in total. The number of amides is 1. The van der Waals surface area contributed by atoms with Crippen LogP contribution in [-0.2, 0) is 11.3 Å². The Balaban J connectivity index is 2.51. The van der Waals surface area contributed by atoms with Crippen LogP contribution in [0.25, 0.3) is 0 Å². The lowest BCUT2D eigenvalue weighted by atomic mass is 10.2. The topological polar surface area (TPSA) is 46.3 Å². The number of carbonyl (C=O) groups is 1. The molecule has 96 valence electrons. The van der Waals surface area contributed by atoms with E-state index in [0.717, 1.165) is 12.2 Å². The van der Waals surface area contributed by atoms with Crippen LogP contribution in [0.2, 0.25) is 0 Å². The molecule has 1 rings (SSSR count). The smallest absolute Gasteiger partial charge is 0.239 e. The third kappa shape index (κ3) is 4.69. The van der Waals surface area contributed by atoms with Crippen molar-refractivity contribution in [2.24, 2.45) is 5.73 Å². The van der Waals surface area contributed by atoms with Crippen molar-refractivity contribution in [1.82, 2.24) is 4.90 Å². The van der Waals surface area contributed by atoms with Crippen molar-refractivity contribution in [3.8, 4) is 0 Å². The summed E-state index contributed by atoms with van der Waals surface area (Å²) in [5, 5.41) is 2.03. The fourth-order valence-electron chi connectivity index (χ4n) is 1.54. The van der Waals surface area contributed by atoms with E-state index >= 15 is 0 Å². The molecule has 0 saturated carbocycles. The summed E-state index contributed by atoms with van der Waals surface area (Å²) in [7, 11) is 0. The molecule has 5 heteroatoms. The number of rotatable bonds is 7. The minimum atomic E-state index is -0.359. The van der Waals surface area contributed by atoms with Crippen LogP contribution in [0, 0.1) is 0 Å². The summed E-state index contributed by atoms with van der Waals surface area (Å²) >= 11 is 3.40. The third-order valence-electron chi connectivity index (χ3n) is 2.57. The number of thiophene rings is 1. The summed E-state index contributed by atoms with van der Waals surface area (Å²) in [6.07, 6.45) is 2.78. The standard InChI is InChI=1S/C12H20N2OS2/c1-3-14(9-10-5-4-7-17-10)12(15)11(13)6-8-16-2/h4-5,7,11H,3,6,8-9,13H2,1-2H3/t11-/m1/s1. The average molecular weight is 272 g/mol. The molecule has 1 atom stereocenters. The van der Waals surface area contributed by atoms with Gasteiger partial charge in [0, 0.05) is 11.4 Å². The molecule has 0 aliphatic rings. The molecule has 1 amide bonds. The van der Waals surface area contributed by atoms with E-state index in [4.69, 9.17) is 5.73 Å². The Morgan fingerprint density at radius 3 is 2.94 bits per heavy atom. The van der Waals surface area contributed by atoms with Crippen LogP contribution in [-0.4, -0.2) is 35.4 Å². The monoisotopic (exact) mass is 272 g/mol. The molecule has 0 spiro atoms. The van der Waals surface area contributed by atoms with Crippen molar-refractivity contribution in [2.45, 2.75) is 25.9 Å². The molecule has 0 aromatic carbocycles. The highest BCUT2D eigenvalue weighted by Gasteiger charge is 2.19. The lowest BCUT2D eigenvalue weighted by Crippen LogP contribution is -2.43. The van der Waals surface area contributed by atoms with Gasteiger partial charge in [-0.2, -0.15) is 11.8 Å². The third-order valence-corrected chi connectivity index (χ3v) is 4.08. The van der Waals surface area contributed by atoms with E-state index in [1.54, 1.807) is 23.1 Å². The van der Waals surface area contributed by atoms with E-state index in [1.165, 1.54) is 4.88 Å². The first kappa shape index (κ1) is 14.5.